The number of aliphatic hydroxyl groups is 1. The number of rotatable bonds is 10. The second-order valence-electron chi connectivity index (χ2n) is 9.56. The Morgan fingerprint density at radius 2 is 1.83 bits per heavy atom. The van der Waals surface area contributed by atoms with E-state index >= 15 is 0 Å². The van der Waals surface area contributed by atoms with E-state index in [0.717, 1.165) is 27.9 Å². The second kappa shape index (κ2) is 10.9. The number of hydrogen-bond acceptors (Lipinski definition) is 6. The molecule has 0 radical (unpaired) electrons. The van der Waals surface area contributed by atoms with Gasteiger partial charge in [-0.05, 0) is 76.9 Å². The summed E-state index contributed by atoms with van der Waals surface area (Å²) in [5.41, 5.74) is 4.88. The van der Waals surface area contributed by atoms with Gasteiger partial charge in [-0.1, -0.05) is 44.2 Å². The molecule has 0 unspecified atom stereocenters. The number of pyridine rings is 1. The van der Waals surface area contributed by atoms with Gasteiger partial charge in [-0.3, -0.25) is 9.69 Å². The Kier molecular flexibility index (Phi) is 7.73. The van der Waals surface area contributed by atoms with Crippen molar-refractivity contribution in [3.63, 3.8) is 0 Å². The summed E-state index contributed by atoms with van der Waals surface area (Å²) in [6.07, 6.45) is 0.591. The van der Waals surface area contributed by atoms with Crippen LogP contribution in [0.15, 0.2) is 53.3 Å². The third kappa shape index (κ3) is 5.66. The monoisotopic (exact) mass is 474 g/mol. The predicted molar refractivity (Wildman–Crippen MR) is 137 cm³/mol. The van der Waals surface area contributed by atoms with E-state index in [1.807, 2.05) is 41.9 Å². The zero-order valence-corrected chi connectivity index (χ0v) is 20.9. The lowest BCUT2D eigenvalue weighted by molar-refractivity contribution is 0.122. The van der Waals surface area contributed by atoms with Crippen molar-refractivity contribution in [3.05, 3.63) is 87.0 Å². The number of aromatic nitrogens is 5. The van der Waals surface area contributed by atoms with E-state index in [-0.39, 0.29) is 24.1 Å². The van der Waals surface area contributed by atoms with Gasteiger partial charge in [0.15, 0.2) is 5.82 Å². The second-order valence-corrected chi connectivity index (χ2v) is 9.56. The van der Waals surface area contributed by atoms with Crippen molar-refractivity contribution in [2.24, 2.45) is 5.92 Å². The maximum atomic E-state index is 13.0. The quantitative estimate of drug-likeness (QED) is 0.363. The Morgan fingerprint density at radius 3 is 2.54 bits per heavy atom. The van der Waals surface area contributed by atoms with E-state index in [0.29, 0.717) is 31.6 Å². The molecule has 0 aliphatic heterocycles. The lowest BCUT2D eigenvalue weighted by Gasteiger charge is -2.33. The summed E-state index contributed by atoms with van der Waals surface area (Å²) in [5.74, 6) is 0.934. The van der Waals surface area contributed by atoms with E-state index in [1.54, 1.807) is 0 Å². The molecule has 4 aromatic rings. The molecule has 0 bridgehead atoms. The lowest BCUT2D eigenvalue weighted by Crippen LogP contribution is -2.36. The SMILES string of the molecule is Cc1cc2cc(CN(CCCO)[C@@H](c3nnnn3Cc3ccccc3)C(C)C)c(=O)[nH]c2cc1C. The third-order valence-corrected chi connectivity index (χ3v) is 6.54. The molecule has 0 spiro atoms. The molecular weight excluding hydrogens is 440 g/mol. The summed E-state index contributed by atoms with van der Waals surface area (Å²) >= 11 is 0. The van der Waals surface area contributed by atoms with E-state index in [2.05, 4.69) is 64.4 Å². The fourth-order valence-electron chi connectivity index (χ4n) is 4.62. The van der Waals surface area contributed by atoms with Gasteiger partial charge in [-0.2, -0.15) is 0 Å². The van der Waals surface area contributed by atoms with Gasteiger partial charge in [0.2, 0.25) is 0 Å². The van der Waals surface area contributed by atoms with Gasteiger partial charge in [0.25, 0.3) is 5.56 Å². The van der Waals surface area contributed by atoms with Crippen LogP contribution in [0.2, 0.25) is 0 Å². The van der Waals surface area contributed by atoms with Crippen molar-refractivity contribution in [2.75, 3.05) is 13.2 Å². The first-order valence-corrected chi connectivity index (χ1v) is 12.2. The fourth-order valence-corrected chi connectivity index (χ4v) is 4.62. The average molecular weight is 475 g/mol. The summed E-state index contributed by atoms with van der Waals surface area (Å²) in [7, 11) is 0. The molecule has 35 heavy (non-hydrogen) atoms. The van der Waals surface area contributed by atoms with Crippen LogP contribution in [0.4, 0.5) is 0 Å². The highest BCUT2D eigenvalue weighted by molar-refractivity contribution is 5.80. The van der Waals surface area contributed by atoms with Crippen molar-refractivity contribution in [3.8, 4) is 0 Å². The summed E-state index contributed by atoms with van der Waals surface area (Å²) in [6.45, 7) is 10.1. The summed E-state index contributed by atoms with van der Waals surface area (Å²) in [6, 6.07) is 16.1. The number of tetrazole rings is 1. The molecule has 2 heterocycles. The van der Waals surface area contributed by atoms with E-state index in [1.165, 1.54) is 5.56 Å². The van der Waals surface area contributed by atoms with Gasteiger partial charge >= 0.3 is 0 Å². The van der Waals surface area contributed by atoms with Crippen LogP contribution in [-0.4, -0.2) is 48.3 Å². The minimum absolute atomic E-state index is 0.0722. The van der Waals surface area contributed by atoms with Gasteiger partial charge in [-0.15, -0.1) is 5.10 Å². The van der Waals surface area contributed by atoms with Crippen molar-refractivity contribution < 1.29 is 5.11 Å². The van der Waals surface area contributed by atoms with Gasteiger partial charge in [0.1, 0.15) is 0 Å². The average Bonchev–Trinajstić information content (AvgIpc) is 3.27. The van der Waals surface area contributed by atoms with Crippen molar-refractivity contribution in [1.29, 1.82) is 0 Å². The lowest BCUT2D eigenvalue weighted by atomic mass is 9.99. The molecule has 184 valence electrons. The number of hydrogen-bond donors (Lipinski definition) is 2. The Balaban J connectivity index is 1.70. The molecule has 0 amide bonds. The number of benzene rings is 2. The highest BCUT2D eigenvalue weighted by Crippen LogP contribution is 2.29. The fraction of sp³-hybridized carbons (Fsp3) is 0.407. The first kappa shape index (κ1) is 24.8. The Morgan fingerprint density at radius 1 is 1.09 bits per heavy atom. The molecule has 1 atom stereocenters. The van der Waals surface area contributed by atoms with E-state index in [4.69, 9.17) is 0 Å². The van der Waals surface area contributed by atoms with Crippen LogP contribution in [0.5, 0.6) is 0 Å². The number of fused-ring (bicyclic) bond motifs is 1. The molecule has 8 heteroatoms. The topological polar surface area (TPSA) is 99.9 Å². The number of aliphatic hydroxyl groups excluding tert-OH is 1. The molecule has 0 fully saturated rings. The summed E-state index contributed by atoms with van der Waals surface area (Å²) in [5, 5.41) is 23.3. The van der Waals surface area contributed by atoms with Crippen LogP contribution in [0.1, 0.15) is 54.4 Å². The van der Waals surface area contributed by atoms with Crippen LogP contribution in [0.3, 0.4) is 0 Å². The predicted octanol–water partition coefficient (Wildman–Crippen LogP) is 3.76. The molecule has 0 saturated heterocycles. The van der Waals surface area contributed by atoms with Crippen LogP contribution in [-0.2, 0) is 13.1 Å². The normalized spacial score (nSPS) is 12.7. The summed E-state index contributed by atoms with van der Waals surface area (Å²) < 4.78 is 1.84. The van der Waals surface area contributed by atoms with Crippen LogP contribution < -0.4 is 5.56 Å². The number of aryl methyl sites for hydroxylation is 2. The van der Waals surface area contributed by atoms with E-state index in [9.17, 15) is 9.90 Å². The first-order valence-electron chi connectivity index (χ1n) is 12.2. The number of aromatic amines is 1. The number of H-pyrrole nitrogens is 1. The van der Waals surface area contributed by atoms with Crippen molar-refractivity contribution >= 4 is 10.9 Å². The van der Waals surface area contributed by atoms with Gasteiger partial charge < -0.3 is 10.1 Å². The van der Waals surface area contributed by atoms with Crippen LogP contribution >= 0.6 is 0 Å². The molecule has 8 nitrogen and oxygen atoms in total. The molecular formula is C27H34N6O2. The van der Waals surface area contributed by atoms with Crippen LogP contribution in [0, 0.1) is 19.8 Å². The molecule has 2 aromatic heterocycles. The largest absolute Gasteiger partial charge is 0.396 e. The van der Waals surface area contributed by atoms with Gasteiger partial charge in [0.05, 0.1) is 12.6 Å². The Labute approximate surface area is 205 Å². The number of nitrogens with zero attached hydrogens (tertiary/aromatic N) is 5. The maximum absolute atomic E-state index is 13.0. The summed E-state index contributed by atoms with van der Waals surface area (Å²) in [4.78, 5) is 18.3. The number of nitrogens with one attached hydrogen (secondary N) is 1. The first-order chi connectivity index (χ1) is 16.9. The van der Waals surface area contributed by atoms with Gasteiger partial charge in [0, 0.05) is 30.8 Å². The van der Waals surface area contributed by atoms with Crippen molar-refractivity contribution in [2.45, 2.75) is 53.2 Å². The Bertz CT molecular complexity index is 1330. The van der Waals surface area contributed by atoms with Crippen molar-refractivity contribution in [1.82, 2.24) is 30.1 Å². The smallest absolute Gasteiger partial charge is 0.252 e. The van der Waals surface area contributed by atoms with Gasteiger partial charge in [-0.25, -0.2) is 4.68 Å². The minimum atomic E-state index is -0.130. The standard InChI is InChI=1S/C27H34N6O2/c1-18(2)25(26-29-30-31-33(26)16-21-9-6-5-7-10-21)32(11-8-12-34)17-23-15-22-13-19(3)20(4)14-24(22)28-27(23)35/h5-7,9-10,13-15,18,25,34H,8,11-12,16-17H2,1-4H3,(H,28,35)/t25-/m1/s1. The van der Waals surface area contributed by atoms with E-state index < -0.39 is 0 Å². The minimum Gasteiger partial charge on any atom is -0.396 e. The molecule has 2 N–H and O–H groups in total. The third-order valence-electron chi connectivity index (χ3n) is 6.54. The zero-order chi connectivity index (χ0) is 24.9. The molecule has 0 saturated carbocycles. The highest BCUT2D eigenvalue weighted by atomic mass is 16.3. The Hall–Kier alpha value is -3.36. The highest BCUT2D eigenvalue weighted by Gasteiger charge is 2.29. The molecule has 0 aliphatic rings. The zero-order valence-electron chi connectivity index (χ0n) is 20.9. The maximum Gasteiger partial charge on any atom is 0.252 e. The molecule has 4 rings (SSSR count). The molecule has 0 aliphatic carbocycles. The molecule has 2 aromatic carbocycles. The van der Waals surface area contributed by atoms with Crippen LogP contribution in [0.25, 0.3) is 10.9 Å².